The van der Waals surface area contributed by atoms with Crippen LogP contribution in [0.2, 0.25) is 0 Å². The van der Waals surface area contributed by atoms with Crippen LogP contribution in [0.1, 0.15) is 49.4 Å². The molecule has 0 bridgehead atoms. The first-order valence-corrected chi connectivity index (χ1v) is 8.56. The van der Waals surface area contributed by atoms with Gasteiger partial charge in [-0.05, 0) is 49.4 Å². The quantitative estimate of drug-likeness (QED) is 0.864. The molecule has 1 heterocycles. The van der Waals surface area contributed by atoms with E-state index in [0.29, 0.717) is 18.0 Å². The Morgan fingerprint density at radius 1 is 1.21 bits per heavy atom. The highest BCUT2D eigenvalue weighted by atomic mass is 16.5. The van der Waals surface area contributed by atoms with Crippen molar-refractivity contribution in [1.29, 1.82) is 0 Å². The van der Waals surface area contributed by atoms with Gasteiger partial charge in [0.05, 0.1) is 12.2 Å². The normalized spacial score (nSPS) is 15.2. The molecule has 0 aliphatic heterocycles. The van der Waals surface area contributed by atoms with Gasteiger partial charge in [0.25, 0.3) is 0 Å². The molecule has 2 aromatic rings. The lowest BCUT2D eigenvalue weighted by Gasteiger charge is -2.20. The number of carbonyl (C=O) groups is 2. The van der Waals surface area contributed by atoms with Gasteiger partial charge in [-0.1, -0.05) is 19.3 Å². The van der Waals surface area contributed by atoms with E-state index in [4.69, 9.17) is 4.74 Å². The van der Waals surface area contributed by atoms with Gasteiger partial charge in [-0.2, -0.15) is 0 Å². The van der Waals surface area contributed by atoms with Crippen LogP contribution in [-0.4, -0.2) is 23.5 Å². The minimum absolute atomic E-state index is 0.0455. The number of anilines is 1. The summed E-state index contributed by atoms with van der Waals surface area (Å²) >= 11 is 0. The molecule has 1 fully saturated rings. The van der Waals surface area contributed by atoms with Crippen molar-refractivity contribution in [2.24, 2.45) is 5.92 Å². The number of esters is 1. The van der Waals surface area contributed by atoms with Crippen LogP contribution in [0.25, 0.3) is 10.8 Å². The molecule has 1 amide bonds. The number of carbonyl (C=O) groups excluding carboxylic acids is 2. The van der Waals surface area contributed by atoms with E-state index >= 15 is 0 Å². The number of hydrogen-bond donors (Lipinski definition) is 1. The molecular formula is C19H22N2O3. The fourth-order valence-corrected chi connectivity index (χ4v) is 3.20. The number of rotatable bonds is 4. The molecule has 0 unspecified atom stereocenters. The standard InChI is InChI=1S/C19H22N2O3/c1-2-24-19(23)15-8-9-16-14(12-15)10-11-20-17(16)21-18(22)13-6-4-3-5-7-13/h8-13H,2-7H2,1H3,(H,20,21,22). The first-order chi connectivity index (χ1) is 11.7. The minimum atomic E-state index is -0.344. The number of aromatic nitrogens is 1. The topological polar surface area (TPSA) is 68.3 Å². The summed E-state index contributed by atoms with van der Waals surface area (Å²) in [6, 6.07) is 7.11. The molecule has 0 spiro atoms. The fourth-order valence-electron chi connectivity index (χ4n) is 3.20. The van der Waals surface area contributed by atoms with Gasteiger partial charge in [0.1, 0.15) is 5.82 Å². The molecule has 24 heavy (non-hydrogen) atoms. The maximum Gasteiger partial charge on any atom is 0.338 e. The number of fused-ring (bicyclic) bond motifs is 1. The molecule has 1 aromatic carbocycles. The Labute approximate surface area is 141 Å². The average molecular weight is 326 g/mol. The van der Waals surface area contributed by atoms with Crippen LogP contribution in [0.3, 0.4) is 0 Å². The van der Waals surface area contributed by atoms with E-state index in [2.05, 4.69) is 10.3 Å². The van der Waals surface area contributed by atoms with E-state index in [1.807, 2.05) is 12.1 Å². The number of amides is 1. The first-order valence-electron chi connectivity index (χ1n) is 8.56. The van der Waals surface area contributed by atoms with E-state index < -0.39 is 0 Å². The predicted molar refractivity (Wildman–Crippen MR) is 92.9 cm³/mol. The zero-order chi connectivity index (χ0) is 16.9. The second-order valence-electron chi connectivity index (χ2n) is 6.14. The molecule has 5 heteroatoms. The van der Waals surface area contributed by atoms with Crippen molar-refractivity contribution in [1.82, 2.24) is 4.98 Å². The van der Waals surface area contributed by atoms with Gasteiger partial charge < -0.3 is 10.1 Å². The van der Waals surface area contributed by atoms with Gasteiger partial charge in [-0.3, -0.25) is 4.79 Å². The Bertz CT molecular complexity index is 751. The Morgan fingerprint density at radius 3 is 2.75 bits per heavy atom. The number of benzene rings is 1. The molecule has 1 saturated carbocycles. The molecule has 1 N–H and O–H groups in total. The van der Waals surface area contributed by atoms with Crippen molar-refractivity contribution < 1.29 is 14.3 Å². The lowest BCUT2D eigenvalue weighted by Crippen LogP contribution is -2.25. The van der Waals surface area contributed by atoms with E-state index in [-0.39, 0.29) is 17.8 Å². The third-order valence-corrected chi connectivity index (χ3v) is 4.49. The predicted octanol–water partition coefficient (Wildman–Crippen LogP) is 3.93. The highest BCUT2D eigenvalue weighted by molar-refractivity contribution is 6.03. The minimum Gasteiger partial charge on any atom is -0.462 e. The van der Waals surface area contributed by atoms with Crippen LogP contribution >= 0.6 is 0 Å². The summed E-state index contributed by atoms with van der Waals surface area (Å²) in [5, 5.41) is 4.65. The molecule has 0 saturated heterocycles. The fraction of sp³-hybridized carbons (Fsp3) is 0.421. The van der Waals surface area contributed by atoms with Crippen molar-refractivity contribution in [2.45, 2.75) is 39.0 Å². The second kappa shape index (κ2) is 7.43. The van der Waals surface area contributed by atoms with Gasteiger partial charge in [0.2, 0.25) is 5.91 Å². The number of nitrogens with one attached hydrogen (secondary N) is 1. The lowest BCUT2D eigenvalue weighted by atomic mass is 9.88. The SMILES string of the molecule is CCOC(=O)c1ccc2c(NC(=O)C3CCCCC3)nccc2c1. The zero-order valence-corrected chi connectivity index (χ0v) is 13.9. The summed E-state index contributed by atoms with van der Waals surface area (Å²) in [5.74, 6) is 0.335. The molecule has 0 radical (unpaired) electrons. The maximum atomic E-state index is 12.4. The third kappa shape index (κ3) is 3.55. The summed E-state index contributed by atoms with van der Waals surface area (Å²) in [6.45, 7) is 2.12. The van der Waals surface area contributed by atoms with E-state index in [1.54, 1.807) is 25.3 Å². The van der Waals surface area contributed by atoms with Gasteiger partial charge in [-0.15, -0.1) is 0 Å². The number of pyridine rings is 1. The van der Waals surface area contributed by atoms with Crippen LogP contribution in [0.15, 0.2) is 30.5 Å². The van der Waals surface area contributed by atoms with Crippen molar-refractivity contribution in [3.05, 3.63) is 36.0 Å². The third-order valence-electron chi connectivity index (χ3n) is 4.49. The summed E-state index contributed by atoms with van der Waals surface area (Å²) in [7, 11) is 0. The number of hydrogen-bond acceptors (Lipinski definition) is 4. The lowest BCUT2D eigenvalue weighted by molar-refractivity contribution is -0.120. The average Bonchev–Trinajstić information content (AvgIpc) is 2.62. The van der Waals surface area contributed by atoms with E-state index in [9.17, 15) is 9.59 Å². The summed E-state index contributed by atoms with van der Waals surface area (Å²) in [6.07, 6.45) is 6.99. The Balaban J connectivity index is 1.83. The molecule has 0 atom stereocenters. The zero-order valence-electron chi connectivity index (χ0n) is 13.9. The molecule has 5 nitrogen and oxygen atoms in total. The molecule has 1 aliphatic carbocycles. The Kier molecular flexibility index (Phi) is 5.08. The summed E-state index contributed by atoms with van der Waals surface area (Å²) in [4.78, 5) is 28.6. The van der Waals surface area contributed by atoms with Gasteiger partial charge in [-0.25, -0.2) is 9.78 Å². The Morgan fingerprint density at radius 2 is 2.00 bits per heavy atom. The van der Waals surface area contributed by atoms with Crippen molar-refractivity contribution >= 4 is 28.5 Å². The first kappa shape index (κ1) is 16.4. The molecule has 1 aliphatic rings. The Hall–Kier alpha value is -2.43. The largest absolute Gasteiger partial charge is 0.462 e. The highest BCUT2D eigenvalue weighted by Crippen LogP contribution is 2.27. The van der Waals surface area contributed by atoms with Crippen LogP contribution in [-0.2, 0) is 9.53 Å². The smallest absolute Gasteiger partial charge is 0.338 e. The van der Waals surface area contributed by atoms with Crippen molar-refractivity contribution in [3.63, 3.8) is 0 Å². The van der Waals surface area contributed by atoms with Gasteiger partial charge in [0, 0.05) is 17.5 Å². The highest BCUT2D eigenvalue weighted by Gasteiger charge is 2.22. The summed E-state index contributed by atoms with van der Waals surface area (Å²) in [5.41, 5.74) is 0.500. The monoisotopic (exact) mass is 326 g/mol. The van der Waals surface area contributed by atoms with Crippen LogP contribution in [0.4, 0.5) is 5.82 Å². The van der Waals surface area contributed by atoms with Crippen molar-refractivity contribution in [3.8, 4) is 0 Å². The second-order valence-corrected chi connectivity index (χ2v) is 6.14. The number of nitrogens with zero attached hydrogens (tertiary/aromatic N) is 1. The van der Waals surface area contributed by atoms with Crippen LogP contribution in [0, 0.1) is 5.92 Å². The van der Waals surface area contributed by atoms with Gasteiger partial charge in [0.15, 0.2) is 0 Å². The van der Waals surface area contributed by atoms with Crippen LogP contribution in [0.5, 0.6) is 0 Å². The van der Waals surface area contributed by atoms with Crippen molar-refractivity contribution in [2.75, 3.05) is 11.9 Å². The molecule has 3 rings (SSSR count). The summed E-state index contributed by atoms with van der Waals surface area (Å²) < 4.78 is 5.03. The van der Waals surface area contributed by atoms with Crippen LogP contribution < -0.4 is 5.32 Å². The maximum absolute atomic E-state index is 12.4. The molecular weight excluding hydrogens is 304 g/mol. The van der Waals surface area contributed by atoms with E-state index in [0.717, 1.165) is 36.5 Å². The molecule has 1 aromatic heterocycles. The number of ether oxygens (including phenoxy) is 1. The van der Waals surface area contributed by atoms with Gasteiger partial charge >= 0.3 is 5.97 Å². The van der Waals surface area contributed by atoms with E-state index in [1.165, 1.54) is 6.42 Å². The molecule has 126 valence electrons.